The van der Waals surface area contributed by atoms with E-state index < -0.39 is 12.3 Å². The lowest BCUT2D eigenvalue weighted by molar-refractivity contribution is 0.0507. The summed E-state index contributed by atoms with van der Waals surface area (Å²) in [5.74, 6) is 1.18. The maximum atomic E-state index is 11.2. The summed E-state index contributed by atoms with van der Waals surface area (Å²) in [6.07, 6.45) is -1.53. The highest BCUT2D eigenvalue weighted by Crippen LogP contribution is 2.17. The van der Waals surface area contributed by atoms with Gasteiger partial charge in [0, 0.05) is 0 Å². The lowest BCUT2D eigenvalue weighted by atomic mass is 10.3. The minimum Gasteiger partial charge on any atom is -0.490 e. The summed E-state index contributed by atoms with van der Waals surface area (Å²) in [7, 11) is 0. The molecule has 0 N–H and O–H groups in total. The number of hydrogen-bond donors (Lipinski definition) is 0. The first-order valence-corrected chi connectivity index (χ1v) is 8.60. The summed E-state index contributed by atoms with van der Waals surface area (Å²) < 4.78 is 30.1. The van der Waals surface area contributed by atoms with Crippen LogP contribution in [-0.4, -0.2) is 52.0 Å². The van der Waals surface area contributed by atoms with E-state index in [1.54, 1.807) is 38.1 Å². The zero-order valence-corrected chi connectivity index (χ0v) is 16.2. The Kier molecular flexibility index (Phi) is 10.7. The summed E-state index contributed by atoms with van der Waals surface area (Å²) in [5, 5.41) is 0. The van der Waals surface area contributed by atoms with E-state index in [0.29, 0.717) is 11.5 Å². The van der Waals surface area contributed by atoms with Crippen LogP contribution in [0, 0.1) is 0 Å². The second kappa shape index (κ2) is 13.1. The molecule has 0 aliphatic heterocycles. The average molecular weight is 394 g/mol. The highest BCUT2D eigenvalue weighted by Gasteiger charge is 2.05. The predicted octanol–water partition coefficient (Wildman–Crippen LogP) is 3.90. The van der Waals surface area contributed by atoms with Crippen molar-refractivity contribution in [2.45, 2.75) is 13.8 Å². The highest BCUT2D eigenvalue weighted by molar-refractivity contribution is 5.60. The largest absolute Gasteiger partial charge is 0.508 e. The molecule has 0 aromatic heterocycles. The Morgan fingerprint density at radius 2 is 1.04 bits per heavy atom. The molecule has 0 atom stereocenters. The number of rotatable bonds is 12. The summed E-state index contributed by atoms with van der Waals surface area (Å²) >= 11 is 0. The van der Waals surface area contributed by atoms with Gasteiger partial charge in [-0.1, -0.05) is 13.2 Å². The van der Waals surface area contributed by atoms with Crippen LogP contribution in [0.3, 0.4) is 0 Å². The first-order chi connectivity index (χ1) is 13.4. The van der Waals surface area contributed by atoms with Crippen molar-refractivity contribution in [1.82, 2.24) is 0 Å². The van der Waals surface area contributed by atoms with E-state index in [-0.39, 0.29) is 39.6 Å². The first kappa shape index (κ1) is 22.9. The highest BCUT2D eigenvalue weighted by atomic mass is 16.7. The zero-order chi connectivity index (χ0) is 20.8. The van der Waals surface area contributed by atoms with Crippen molar-refractivity contribution in [2.24, 2.45) is 0 Å². The quantitative estimate of drug-likeness (QED) is 0.300. The second-order valence-electron chi connectivity index (χ2n) is 5.86. The standard InChI is InChI=1S/C20H26O8/c1-15(2)13-27-19(21)25-11-9-23-17-5-7-18(8-6-17)24-10-12-26-20(22)28-14-16(3)4/h5-8H,1,3,9-14H2,2,4H3. The number of hydrogen-bond acceptors (Lipinski definition) is 8. The van der Waals surface area contributed by atoms with E-state index >= 15 is 0 Å². The molecule has 0 aliphatic carbocycles. The summed E-state index contributed by atoms with van der Waals surface area (Å²) in [6.45, 7) is 11.5. The number of carbonyl (C=O) groups excluding carboxylic acids is 2. The lowest BCUT2D eigenvalue weighted by Gasteiger charge is -2.10. The maximum absolute atomic E-state index is 11.2. The van der Waals surface area contributed by atoms with Gasteiger partial charge in [0.1, 0.15) is 51.1 Å². The molecular formula is C20H26O8. The third kappa shape index (κ3) is 11.5. The van der Waals surface area contributed by atoms with Crippen LogP contribution in [0.15, 0.2) is 48.6 Å². The van der Waals surface area contributed by atoms with Crippen LogP contribution in [0.25, 0.3) is 0 Å². The Bertz CT molecular complexity index is 594. The van der Waals surface area contributed by atoms with Crippen molar-refractivity contribution >= 4 is 12.3 Å². The fourth-order valence-corrected chi connectivity index (χ4v) is 1.65. The molecule has 1 aromatic carbocycles. The molecule has 0 fully saturated rings. The van der Waals surface area contributed by atoms with E-state index in [0.717, 1.165) is 11.1 Å². The molecule has 0 amide bonds. The van der Waals surface area contributed by atoms with Gasteiger partial charge in [-0.2, -0.15) is 0 Å². The minimum atomic E-state index is -0.763. The van der Waals surface area contributed by atoms with Gasteiger partial charge in [0.25, 0.3) is 0 Å². The Labute approximate surface area is 164 Å². The molecule has 0 heterocycles. The van der Waals surface area contributed by atoms with Crippen LogP contribution >= 0.6 is 0 Å². The third-order valence-electron chi connectivity index (χ3n) is 2.84. The normalized spacial score (nSPS) is 9.79. The van der Waals surface area contributed by atoms with Crippen molar-refractivity contribution in [3.05, 3.63) is 48.6 Å². The average Bonchev–Trinajstić information content (AvgIpc) is 2.66. The molecule has 0 saturated carbocycles. The number of benzene rings is 1. The molecule has 28 heavy (non-hydrogen) atoms. The molecule has 0 aliphatic rings. The van der Waals surface area contributed by atoms with Gasteiger partial charge in [0.05, 0.1) is 0 Å². The van der Waals surface area contributed by atoms with Gasteiger partial charge >= 0.3 is 12.3 Å². The fourth-order valence-electron chi connectivity index (χ4n) is 1.65. The SMILES string of the molecule is C=C(C)COC(=O)OCCOc1ccc(OCCOC(=O)OCC(=C)C)cc1. The molecule has 8 heteroatoms. The molecular weight excluding hydrogens is 368 g/mol. The van der Waals surface area contributed by atoms with E-state index in [2.05, 4.69) is 13.2 Å². The van der Waals surface area contributed by atoms with Crippen molar-refractivity contribution in [1.29, 1.82) is 0 Å². The van der Waals surface area contributed by atoms with Crippen molar-refractivity contribution in [3.8, 4) is 11.5 Å². The van der Waals surface area contributed by atoms with Crippen molar-refractivity contribution < 1.29 is 38.0 Å². The molecule has 0 saturated heterocycles. The van der Waals surface area contributed by atoms with Crippen LogP contribution in [0.5, 0.6) is 11.5 Å². The van der Waals surface area contributed by atoms with E-state index in [1.165, 1.54) is 0 Å². The van der Waals surface area contributed by atoms with E-state index in [9.17, 15) is 9.59 Å². The van der Waals surface area contributed by atoms with Crippen LogP contribution in [0.1, 0.15) is 13.8 Å². The molecule has 154 valence electrons. The molecule has 8 nitrogen and oxygen atoms in total. The van der Waals surface area contributed by atoms with Crippen molar-refractivity contribution in [3.63, 3.8) is 0 Å². The third-order valence-corrected chi connectivity index (χ3v) is 2.84. The summed E-state index contributed by atoms with van der Waals surface area (Å²) in [4.78, 5) is 22.5. The van der Waals surface area contributed by atoms with Gasteiger partial charge in [-0.05, 0) is 49.3 Å². The molecule has 0 bridgehead atoms. The van der Waals surface area contributed by atoms with Gasteiger partial charge in [-0.25, -0.2) is 9.59 Å². The minimum absolute atomic E-state index is 0.0616. The predicted molar refractivity (Wildman–Crippen MR) is 102 cm³/mol. The van der Waals surface area contributed by atoms with Gasteiger partial charge < -0.3 is 28.4 Å². The molecule has 0 unspecified atom stereocenters. The van der Waals surface area contributed by atoms with Crippen LogP contribution in [0.4, 0.5) is 9.59 Å². The van der Waals surface area contributed by atoms with Crippen LogP contribution in [-0.2, 0) is 18.9 Å². The van der Waals surface area contributed by atoms with Crippen LogP contribution in [0.2, 0.25) is 0 Å². The molecule has 1 rings (SSSR count). The lowest BCUT2D eigenvalue weighted by Crippen LogP contribution is -2.14. The monoisotopic (exact) mass is 394 g/mol. The Balaban J connectivity index is 2.15. The Morgan fingerprint density at radius 1 is 0.679 bits per heavy atom. The first-order valence-electron chi connectivity index (χ1n) is 8.60. The molecule has 0 spiro atoms. The van der Waals surface area contributed by atoms with Gasteiger partial charge in [-0.15, -0.1) is 0 Å². The maximum Gasteiger partial charge on any atom is 0.508 e. The topological polar surface area (TPSA) is 89.5 Å². The Hall–Kier alpha value is -3.16. The summed E-state index contributed by atoms with van der Waals surface area (Å²) in [5.41, 5.74) is 1.45. The fraction of sp³-hybridized carbons (Fsp3) is 0.400. The van der Waals surface area contributed by atoms with Crippen LogP contribution < -0.4 is 9.47 Å². The zero-order valence-electron chi connectivity index (χ0n) is 16.2. The second-order valence-corrected chi connectivity index (χ2v) is 5.86. The van der Waals surface area contributed by atoms with E-state index in [4.69, 9.17) is 28.4 Å². The van der Waals surface area contributed by atoms with Gasteiger partial charge in [0.15, 0.2) is 0 Å². The molecule has 1 aromatic rings. The van der Waals surface area contributed by atoms with Crippen molar-refractivity contribution in [2.75, 3.05) is 39.6 Å². The number of carbonyl (C=O) groups is 2. The summed E-state index contributed by atoms with van der Waals surface area (Å²) in [6, 6.07) is 6.82. The van der Waals surface area contributed by atoms with Gasteiger partial charge in [-0.3, -0.25) is 0 Å². The Morgan fingerprint density at radius 3 is 1.36 bits per heavy atom. The number of ether oxygens (including phenoxy) is 6. The van der Waals surface area contributed by atoms with Gasteiger partial charge in [0.2, 0.25) is 0 Å². The molecule has 0 radical (unpaired) electrons. The smallest absolute Gasteiger partial charge is 0.490 e. The van der Waals surface area contributed by atoms with E-state index in [1.807, 2.05) is 0 Å².